The molecule has 1 amide bonds. The zero-order valence-corrected chi connectivity index (χ0v) is 13.8. The SMILES string of the molecule is CC(C(=O)Nc1ccc(Oc2ccccc2)cc1)n1ccccc1=O. The van der Waals surface area contributed by atoms with Crippen molar-refractivity contribution in [3.63, 3.8) is 0 Å². The van der Waals surface area contributed by atoms with E-state index in [2.05, 4.69) is 5.32 Å². The molecule has 0 fully saturated rings. The summed E-state index contributed by atoms with van der Waals surface area (Å²) in [5.41, 5.74) is 0.429. The zero-order valence-electron chi connectivity index (χ0n) is 13.8. The highest BCUT2D eigenvalue weighted by atomic mass is 16.5. The molecule has 0 spiro atoms. The Bertz CT molecular complexity index is 902. The third kappa shape index (κ3) is 4.14. The maximum atomic E-state index is 12.3. The lowest BCUT2D eigenvalue weighted by Gasteiger charge is -2.15. The molecule has 2 aromatic carbocycles. The monoisotopic (exact) mass is 334 g/mol. The van der Waals surface area contributed by atoms with E-state index in [0.29, 0.717) is 11.4 Å². The van der Waals surface area contributed by atoms with Crippen molar-refractivity contribution >= 4 is 11.6 Å². The molecule has 0 bridgehead atoms. The minimum absolute atomic E-state index is 0.211. The summed E-state index contributed by atoms with van der Waals surface area (Å²) < 4.78 is 7.10. The van der Waals surface area contributed by atoms with Gasteiger partial charge in [-0.1, -0.05) is 24.3 Å². The van der Waals surface area contributed by atoms with Crippen LogP contribution in [0.1, 0.15) is 13.0 Å². The van der Waals surface area contributed by atoms with Crippen molar-refractivity contribution in [2.45, 2.75) is 13.0 Å². The summed E-state index contributed by atoms with van der Waals surface area (Å²) >= 11 is 0. The Morgan fingerprint density at radius 2 is 1.56 bits per heavy atom. The predicted molar refractivity (Wildman–Crippen MR) is 97.0 cm³/mol. The quantitative estimate of drug-likeness (QED) is 0.771. The fourth-order valence-corrected chi connectivity index (χ4v) is 2.36. The van der Waals surface area contributed by atoms with Crippen LogP contribution in [0.4, 0.5) is 5.69 Å². The third-order valence-electron chi connectivity index (χ3n) is 3.75. The number of carbonyl (C=O) groups is 1. The third-order valence-corrected chi connectivity index (χ3v) is 3.75. The number of amides is 1. The van der Waals surface area contributed by atoms with Gasteiger partial charge in [-0.15, -0.1) is 0 Å². The standard InChI is InChI=1S/C20H18N2O3/c1-15(22-14-6-5-9-19(22)23)20(24)21-16-10-12-18(13-11-16)25-17-7-3-2-4-8-17/h2-15H,1H3,(H,21,24). The molecule has 0 aliphatic rings. The molecule has 0 aliphatic carbocycles. The predicted octanol–water partition coefficient (Wildman–Crippen LogP) is 3.84. The molecule has 5 nitrogen and oxygen atoms in total. The molecule has 1 atom stereocenters. The summed E-state index contributed by atoms with van der Waals surface area (Å²) in [6.07, 6.45) is 1.60. The first-order valence-corrected chi connectivity index (χ1v) is 7.94. The zero-order chi connectivity index (χ0) is 17.6. The number of hydrogen-bond donors (Lipinski definition) is 1. The molecule has 25 heavy (non-hydrogen) atoms. The fraction of sp³-hybridized carbons (Fsp3) is 0.100. The number of anilines is 1. The van der Waals surface area contributed by atoms with E-state index in [1.807, 2.05) is 30.3 Å². The van der Waals surface area contributed by atoms with E-state index in [4.69, 9.17) is 4.74 Å². The van der Waals surface area contributed by atoms with E-state index < -0.39 is 6.04 Å². The molecule has 0 radical (unpaired) electrons. The second-order valence-electron chi connectivity index (χ2n) is 5.55. The summed E-state index contributed by atoms with van der Waals surface area (Å²) in [6.45, 7) is 1.68. The van der Waals surface area contributed by atoms with Gasteiger partial charge in [0.1, 0.15) is 17.5 Å². The van der Waals surface area contributed by atoms with E-state index in [-0.39, 0.29) is 11.5 Å². The molecule has 0 saturated heterocycles. The van der Waals surface area contributed by atoms with E-state index >= 15 is 0 Å². The molecule has 1 heterocycles. The molecule has 1 N–H and O–H groups in total. The van der Waals surface area contributed by atoms with Crippen molar-refractivity contribution in [3.05, 3.63) is 89.3 Å². The molecule has 3 rings (SSSR count). The number of nitrogens with one attached hydrogen (secondary N) is 1. The van der Waals surface area contributed by atoms with Gasteiger partial charge in [-0.3, -0.25) is 9.59 Å². The van der Waals surface area contributed by atoms with Crippen molar-refractivity contribution in [1.29, 1.82) is 0 Å². The summed E-state index contributed by atoms with van der Waals surface area (Å²) in [6, 6.07) is 20.7. The average Bonchev–Trinajstić information content (AvgIpc) is 2.64. The normalized spacial score (nSPS) is 11.6. The van der Waals surface area contributed by atoms with Crippen LogP contribution < -0.4 is 15.6 Å². The topological polar surface area (TPSA) is 60.3 Å². The largest absolute Gasteiger partial charge is 0.457 e. The van der Waals surface area contributed by atoms with Crippen molar-refractivity contribution in [2.24, 2.45) is 0 Å². The van der Waals surface area contributed by atoms with Crippen LogP contribution in [-0.4, -0.2) is 10.5 Å². The van der Waals surface area contributed by atoms with Gasteiger partial charge < -0.3 is 14.6 Å². The lowest BCUT2D eigenvalue weighted by Crippen LogP contribution is -2.30. The van der Waals surface area contributed by atoms with Crippen LogP contribution in [0.5, 0.6) is 11.5 Å². The van der Waals surface area contributed by atoms with Gasteiger partial charge in [0.2, 0.25) is 5.91 Å². The fourth-order valence-electron chi connectivity index (χ4n) is 2.36. The lowest BCUT2D eigenvalue weighted by atomic mass is 10.2. The van der Waals surface area contributed by atoms with Gasteiger partial charge >= 0.3 is 0 Å². The van der Waals surface area contributed by atoms with Gasteiger partial charge in [-0.25, -0.2) is 0 Å². The molecular weight excluding hydrogens is 316 g/mol. The minimum Gasteiger partial charge on any atom is -0.457 e. The smallest absolute Gasteiger partial charge is 0.251 e. The lowest BCUT2D eigenvalue weighted by molar-refractivity contribution is -0.118. The molecule has 5 heteroatoms. The van der Waals surface area contributed by atoms with Crippen LogP contribution in [-0.2, 0) is 4.79 Å². The summed E-state index contributed by atoms with van der Waals surface area (Å²) in [5, 5.41) is 2.80. The van der Waals surface area contributed by atoms with Gasteiger partial charge in [0, 0.05) is 18.0 Å². The minimum atomic E-state index is -0.603. The summed E-state index contributed by atoms with van der Waals surface area (Å²) in [7, 11) is 0. The molecular formula is C20H18N2O3. The Kier molecular flexibility index (Phi) is 4.95. The highest BCUT2D eigenvalue weighted by molar-refractivity contribution is 5.93. The number of hydrogen-bond acceptors (Lipinski definition) is 3. The first-order valence-electron chi connectivity index (χ1n) is 7.94. The second kappa shape index (κ2) is 7.49. The highest BCUT2D eigenvalue weighted by Gasteiger charge is 2.15. The van der Waals surface area contributed by atoms with Crippen molar-refractivity contribution < 1.29 is 9.53 Å². The number of nitrogens with zero attached hydrogens (tertiary/aromatic N) is 1. The molecule has 126 valence electrons. The van der Waals surface area contributed by atoms with Crippen molar-refractivity contribution in [2.75, 3.05) is 5.32 Å². The Morgan fingerprint density at radius 3 is 2.24 bits per heavy atom. The Balaban J connectivity index is 1.66. The maximum absolute atomic E-state index is 12.3. The van der Waals surface area contributed by atoms with Crippen LogP contribution in [0, 0.1) is 0 Å². The first kappa shape index (κ1) is 16.5. The summed E-state index contributed by atoms with van der Waals surface area (Å²) in [4.78, 5) is 24.1. The molecule has 3 aromatic rings. The van der Waals surface area contributed by atoms with Crippen molar-refractivity contribution in [1.82, 2.24) is 4.57 Å². The molecule has 1 aromatic heterocycles. The van der Waals surface area contributed by atoms with Crippen LogP contribution in [0.2, 0.25) is 0 Å². The van der Waals surface area contributed by atoms with Gasteiger partial charge in [0.15, 0.2) is 0 Å². The number of rotatable bonds is 5. The van der Waals surface area contributed by atoms with Crippen molar-refractivity contribution in [3.8, 4) is 11.5 Å². The Labute approximate surface area is 145 Å². The van der Waals surface area contributed by atoms with Crippen LogP contribution in [0.25, 0.3) is 0 Å². The van der Waals surface area contributed by atoms with Crippen LogP contribution >= 0.6 is 0 Å². The second-order valence-corrected chi connectivity index (χ2v) is 5.55. The van der Waals surface area contributed by atoms with Gasteiger partial charge in [-0.2, -0.15) is 0 Å². The number of pyridine rings is 1. The van der Waals surface area contributed by atoms with Gasteiger partial charge in [0.05, 0.1) is 0 Å². The number of aromatic nitrogens is 1. The van der Waals surface area contributed by atoms with E-state index in [0.717, 1.165) is 5.75 Å². The number of benzene rings is 2. The van der Waals surface area contributed by atoms with Crippen LogP contribution in [0.15, 0.2) is 83.8 Å². The number of ether oxygens (including phenoxy) is 1. The maximum Gasteiger partial charge on any atom is 0.251 e. The highest BCUT2D eigenvalue weighted by Crippen LogP contribution is 2.23. The van der Waals surface area contributed by atoms with E-state index in [1.54, 1.807) is 49.5 Å². The van der Waals surface area contributed by atoms with Crippen LogP contribution in [0.3, 0.4) is 0 Å². The van der Waals surface area contributed by atoms with E-state index in [1.165, 1.54) is 10.6 Å². The molecule has 0 saturated carbocycles. The average molecular weight is 334 g/mol. The summed E-state index contributed by atoms with van der Waals surface area (Å²) in [5.74, 6) is 1.16. The molecule has 1 unspecified atom stereocenters. The number of para-hydroxylation sites is 1. The first-order chi connectivity index (χ1) is 12.1. The molecule has 0 aliphatic heterocycles. The van der Waals surface area contributed by atoms with Gasteiger partial charge in [-0.05, 0) is 49.4 Å². The Morgan fingerprint density at radius 1 is 0.920 bits per heavy atom. The van der Waals surface area contributed by atoms with Gasteiger partial charge in [0.25, 0.3) is 5.56 Å². The number of carbonyl (C=O) groups excluding carboxylic acids is 1. The Hall–Kier alpha value is -3.34. The van der Waals surface area contributed by atoms with E-state index in [9.17, 15) is 9.59 Å².